The van der Waals surface area contributed by atoms with Gasteiger partial charge in [-0.3, -0.25) is 0 Å². The predicted octanol–water partition coefficient (Wildman–Crippen LogP) is 3.57. The van der Waals surface area contributed by atoms with Gasteiger partial charge in [-0.15, -0.1) is 0 Å². The quantitative estimate of drug-likeness (QED) is 0.847. The molecule has 106 valence electrons. The molecule has 3 nitrogen and oxygen atoms in total. The van der Waals surface area contributed by atoms with Crippen LogP contribution in [0.3, 0.4) is 0 Å². The first-order valence-electron chi connectivity index (χ1n) is 5.73. The lowest BCUT2D eigenvalue weighted by Gasteiger charge is -2.10. The molecule has 0 aliphatic heterocycles. The van der Waals surface area contributed by atoms with Gasteiger partial charge in [0.05, 0.1) is 5.56 Å². The highest BCUT2D eigenvalue weighted by atomic mass is 19.4. The van der Waals surface area contributed by atoms with Crippen molar-refractivity contribution in [1.29, 1.82) is 0 Å². The van der Waals surface area contributed by atoms with Crippen molar-refractivity contribution in [3.8, 4) is 11.5 Å². The summed E-state index contributed by atoms with van der Waals surface area (Å²) in [5.74, 6) is 0.353. The van der Waals surface area contributed by atoms with E-state index in [1.807, 2.05) is 0 Å². The molecule has 20 heavy (non-hydrogen) atoms. The van der Waals surface area contributed by atoms with E-state index in [0.29, 0.717) is 17.0 Å². The molecule has 0 aromatic heterocycles. The Labute approximate surface area is 113 Å². The van der Waals surface area contributed by atoms with Gasteiger partial charge in [0, 0.05) is 17.3 Å². The number of nitrogens with two attached hydrogens (primary N) is 1. The summed E-state index contributed by atoms with van der Waals surface area (Å²) in [5, 5.41) is 9.20. The number of rotatable bonds is 3. The average molecular weight is 283 g/mol. The van der Waals surface area contributed by atoms with E-state index in [1.165, 1.54) is 24.3 Å². The van der Waals surface area contributed by atoms with Crippen molar-refractivity contribution in [3.05, 3.63) is 53.6 Å². The largest absolute Gasteiger partial charge is 0.508 e. The summed E-state index contributed by atoms with van der Waals surface area (Å²) < 4.78 is 42.5. The summed E-state index contributed by atoms with van der Waals surface area (Å²) in [6.45, 7) is 0.109. The first kappa shape index (κ1) is 14.0. The van der Waals surface area contributed by atoms with Crippen molar-refractivity contribution in [2.75, 3.05) is 5.73 Å². The van der Waals surface area contributed by atoms with E-state index in [0.717, 1.165) is 12.1 Å². The normalized spacial score (nSPS) is 11.3. The number of anilines is 1. The zero-order valence-corrected chi connectivity index (χ0v) is 10.3. The fraction of sp³-hybridized carbons (Fsp3) is 0.143. The summed E-state index contributed by atoms with van der Waals surface area (Å²) in [6.07, 6.45) is -4.36. The molecule has 0 fully saturated rings. The van der Waals surface area contributed by atoms with E-state index < -0.39 is 11.7 Å². The molecule has 0 amide bonds. The number of phenolic OH excluding ortho intramolecular Hbond substituents is 1. The van der Waals surface area contributed by atoms with Gasteiger partial charge in [-0.05, 0) is 36.4 Å². The molecule has 0 atom stereocenters. The number of alkyl halides is 3. The van der Waals surface area contributed by atoms with Gasteiger partial charge in [0.15, 0.2) is 0 Å². The zero-order chi connectivity index (χ0) is 14.8. The fourth-order valence-corrected chi connectivity index (χ4v) is 1.62. The smallest absolute Gasteiger partial charge is 0.416 e. The molecule has 2 rings (SSSR count). The average Bonchev–Trinajstić information content (AvgIpc) is 2.37. The standard InChI is InChI=1S/C14H12F3NO2/c15-14(16,17)10-2-5-12(6-3-10)20-8-9-1-4-11(19)7-13(9)18/h1-7,19H,8,18H2. The Morgan fingerprint density at radius 3 is 2.25 bits per heavy atom. The maximum absolute atomic E-state index is 12.4. The van der Waals surface area contributed by atoms with Crippen LogP contribution in [0.1, 0.15) is 11.1 Å². The highest BCUT2D eigenvalue weighted by molar-refractivity contribution is 5.50. The molecule has 0 radical (unpaired) electrons. The van der Waals surface area contributed by atoms with Gasteiger partial charge in [-0.25, -0.2) is 0 Å². The van der Waals surface area contributed by atoms with Crippen LogP contribution < -0.4 is 10.5 Å². The maximum Gasteiger partial charge on any atom is 0.416 e. The molecule has 3 N–H and O–H groups in total. The molecule has 2 aromatic carbocycles. The van der Waals surface area contributed by atoms with E-state index in [4.69, 9.17) is 10.5 Å². The van der Waals surface area contributed by atoms with Gasteiger partial charge in [0.25, 0.3) is 0 Å². The first-order chi connectivity index (χ1) is 9.36. The van der Waals surface area contributed by atoms with Crippen LogP contribution in [0.25, 0.3) is 0 Å². The Morgan fingerprint density at radius 1 is 1.05 bits per heavy atom. The highest BCUT2D eigenvalue weighted by Gasteiger charge is 2.29. The second kappa shape index (κ2) is 5.32. The van der Waals surface area contributed by atoms with Gasteiger partial charge in [0.2, 0.25) is 0 Å². The first-order valence-corrected chi connectivity index (χ1v) is 5.73. The number of phenols is 1. The summed E-state index contributed by atoms with van der Waals surface area (Å²) in [6, 6.07) is 8.84. The third-order valence-electron chi connectivity index (χ3n) is 2.71. The number of aromatic hydroxyl groups is 1. The predicted molar refractivity (Wildman–Crippen MR) is 68.3 cm³/mol. The van der Waals surface area contributed by atoms with Crippen molar-refractivity contribution >= 4 is 5.69 Å². The molecular formula is C14H12F3NO2. The van der Waals surface area contributed by atoms with Crippen molar-refractivity contribution in [3.63, 3.8) is 0 Å². The van der Waals surface area contributed by atoms with Gasteiger partial charge < -0.3 is 15.6 Å². The molecule has 0 unspecified atom stereocenters. The van der Waals surface area contributed by atoms with Gasteiger partial charge in [0.1, 0.15) is 18.1 Å². The second-order valence-corrected chi connectivity index (χ2v) is 4.19. The molecule has 2 aromatic rings. The topological polar surface area (TPSA) is 55.5 Å². The van der Waals surface area contributed by atoms with Gasteiger partial charge in [-0.1, -0.05) is 0 Å². The molecule has 0 saturated carbocycles. The Bertz CT molecular complexity index is 594. The fourth-order valence-electron chi connectivity index (χ4n) is 1.62. The van der Waals surface area contributed by atoms with E-state index >= 15 is 0 Å². The minimum absolute atomic E-state index is 0.0424. The summed E-state index contributed by atoms with van der Waals surface area (Å²) in [7, 11) is 0. The van der Waals surface area contributed by atoms with Crippen LogP contribution >= 0.6 is 0 Å². The Balaban J connectivity index is 2.04. The highest BCUT2D eigenvalue weighted by Crippen LogP contribution is 2.30. The number of halogens is 3. The van der Waals surface area contributed by atoms with Crippen molar-refractivity contribution < 1.29 is 23.0 Å². The molecule has 0 aliphatic rings. The lowest BCUT2D eigenvalue weighted by Crippen LogP contribution is -2.04. The van der Waals surface area contributed by atoms with Gasteiger partial charge in [-0.2, -0.15) is 13.2 Å². The van der Waals surface area contributed by atoms with Crippen LogP contribution in [0.4, 0.5) is 18.9 Å². The van der Waals surface area contributed by atoms with Crippen LogP contribution in [0.15, 0.2) is 42.5 Å². The molecule has 0 aliphatic carbocycles. The number of hydrogen-bond acceptors (Lipinski definition) is 3. The Kier molecular flexibility index (Phi) is 3.74. The van der Waals surface area contributed by atoms with Crippen LogP contribution in [-0.2, 0) is 12.8 Å². The molecule has 0 bridgehead atoms. The van der Waals surface area contributed by atoms with Crippen LogP contribution in [0.2, 0.25) is 0 Å². The monoisotopic (exact) mass is 283 g/mol. The number of hydrogen-bond donors (Lipinski definition) is 2. The number of benzene rings is 2. The van der Waals surface area contributed by atoms with E-state index in [1.54, 1.807) is 6.07 Å². The Morgan fingerprint density at radius 2 is 1.70 bits per heavy atom. The lowest BCUT2D eigenvalue weighted by molar-refractivity contribution is -0.137. The maximum atomic E-state index is 12.4. The van der Waals surface area contributed by atoms with Crippen LogP contribution in [0.5, 0.6) is 11.5 Å². The summed E-state index contributed by atoms with van der Waals surface area (Å²) in [5.41, 5.74) is 5.95. The van der Waals surface area contributed by atoms with E-state index in [9.17, 15) is 18.3 Å². The number of ether oxygens (including phenoxy) is 1. The number of nitrogen functional groups attached to an aromatic ring is 1. The molecule has 6 heteroatoms. The third-order valence-corrected chi connectivity index (χ3v) is 2.71. The third kappa shape index (κ3) is 3.34. The van der Waals surface area contributed by atoms with Gasteiger partial charge >= 0.3 is 6.18 Å². The van der Waals surface area contributed by atoms with Crippen LogP contribution in [0, 0.1) is 0 Å². The molecule has 0 saturated heterocycles. The summed E-state index contributed by atoms with van der Waals surface area (Å²) in [4.78, 5) is 0. The Hall–Kier alpha value is -2.37. The van der Waals surface area contributed by atoms with E-state index in [2.05, 4.69) is 0 Å². The van der Waals surface area contributed by atoms with Crippen LogP contribution in [-0.4, -0.2) is 5.11 Å². The lowest BCUT2D eigenvalue weighted by atomic mass is 10.2. The minimum atomic E-state index is -4.36. The second-order valence-electron chi connectivity index (χ2n) is 4.19. The van der Waals surface area contributed by atoms with E-state index in [-0.39, 0.29) is 12.4 Å². The molecular weight excluding hydrogens is 271 g/mol. The molecule has 0 heterocycles. The van der Waals surface area contributed by atoms with Crippen molar-refractivity contribution in [2.24, 2.45) is 0 Å². The zero-order valence-electron chi connectivity index (χ0n) is 10.3. The molecule has 0 spiro atoms. The van der Waals surface area contributed by atoms with Crippen molar-refractivity contribution in [1.82, 2.24) is 0 Å². The summed E-state index contributed by atoms with van der Waals surface area (Å²) >= 11 is 0. The van der Waals surface area contributed by atoms with Crippen molar-refractivity contribution in [2.45, 2.75) is 12.8 Å². The minimum Gasteiger partial charge on any atom is -0.508 e. The SMILES string of the molecule is Nc1cc(O)ccc1COc1ccc(C(F)(F)F)cc1.